The average molecular weight is 293 g/mol. The molecule has 0 bridgehead atoms. The van der Waals surface area contributed by atoms with Gasteiger partial charge in [-0.1, -0.05) is 19.0 Å². The summed E-state index contributed by atoms with van der Waals surface area (Å²) in [6.07, 6.45) is 4.94. The van der Waals surface area contributed by atoms with Crippen LogP contribution in [0.4, 0.5) is 0 Å². The van der Waals surface area contributed by atoms with E-state index in [1.165, 1.54) is 25.7 Å². The van der Waals surface area contributed by atoms with Crippen LogP contribution in [-0.2, 0) is 11.3 Å². The molecule has 21 heavy (non-hydrogen) atoms. The van der Waals surface area contributed by atoms with Crippen molar-refractivity contribution in [3.63, 3.8) is 0 Å². The third-order valence-electron chi connectivity index (χ3n) is 5.11. The molecule has 1 saturated carbocycles. The highest BCUT2D eigenvalue weighted by molar-refractivity contribution is 4.98. The maximum atomic E-state index is 5.84. The second-order valence-corrected chi connectivity index (χ2v) is 7.24. The zero-order valence-electron chi connectivity index (χ0n) is 13.4. The molecule has 5 heteroatoms. The summed E-state index contributed by atoms with van der Waals surface area (Å²) >= 11 is 0. The number of rotatable bonds is 5. The molecule has 1 saturated heterocycles. The van der Waals surface area contributed by atoms with Crippen molar-refractivity contribution < 1.29 is 9.26 Å². The van der Waals surface area contributed by atoms with Gasteiger partial charge in [0.2, 0.25) is 0 Å². The molecule has 0 radical (unpaired) electrons. The SMILES string of the molecule is CC(C)C1CCC(c2noc(COC3(C)CNC3)n2)CC1. The van der Waals surface area contributed by atoms with Gasteiger partial charge in [0.05, 0.1) is 5.60 Å². The molecule has 1 aromatic rings. The zero-order chi connectivity index (χ0) is 14.9. The van der Waals surface area contributed by atoms with Crippen LogP contribution < -0.4 is 5.32 Å². The standard InChI is InChI=1S/C16H27N3O2/c1-11(2)12-4-6-13(7-5-12)15-18-14(21-19-15)8-20-16(3)9-17-10-16/h11-13,17H,4-10H2,1-3H3. The topological polar surface area (TPSA) is 60.2 Å². The summed E-state index contributed by atoms with van der Waals surface area (Å²) in [7, 11) is 0. The quantitative estimate of drug-likeness (QED) is 0.904. The summed E-state index contributed by atoms with van der Waals surface area (Å²) in [5.41, 5.74) is -0.0655. The molecular formula is C16H27N3O2. The first kappa shape index (κ1) is 15.0. The Bertz CT molecular complexity index is 460. The highest BCUT2D eigenvalue weighted by Crippen LogP contribution is 2.37. The molecule has 0 atom stereocenters. The van der Waals surface area contributed by atoms with Crippen LogP contribution >= 0.6 is 0 Å². The first-order chi connectivity index (χ1) is 10.1. The van der Waals surface area contributed by atoms with Gasteiger partial charge in [-0.3, -0.25) is 0 Å². The Morgan fingerprint density at radius 2 is 2.00 bits per heavy atom. The van der Waals surface area contributed by atoms with Gasteiger partial charge in [0.1, 0.15) is 6.61 Å². The monoisotopic (exact) mass is 293 g/mol. The van der Waals surface area contributed by atoms with Gasteiger partial charge >= 0.3 is 0 Å². The van der Waals surface area contributed by atoms with Crippen molar-refractivity contribution in [3.8, 4) is 0 Å². The minimum Gasteiger partial charge on any atom is -0.363 e. The number of hydrogen-bond acceptors (Lipinski definition) is 5. The molecule has 3 rings (SSSR count). The fourth-order valence-electron chi connectivity index (χ4n) is 3.35. The van der Waals surface area contributed by atoms with E-state index in [0.29, 0.717) is 18.4 Å². The van der Waals surface area contributed by atoms with E-state index in [-0.39, 0.29) is 5.60 Å². The van der Waals surface area contributed by atoms with Crippen LogP contribution in [0.25, 0.3) is 0 Å². The van der Waals surface area contributed by atoms with E-state index in [0.717, 1.165) is 30.7 Å². The lowest BCUT2D eigenvalue weighted by Crippen LogP contribution is -2.58. The summed E-state index contributed by atoms with van der Waals surface area (Å²) in [5, 5.41) is 7.39. The molecule has 1 aliphatic heterocycles. The third kappa shape index (κ3) is 3.46. The molecule has 1 aliphatic carbocycles. The van der Waals surface area contributed by atoms with Gasteiger partial charge < -0.3 is 14.6 Å². The average Bonchev–Trinajstić information content (AvgIpc) is 2.92. The molecule has 0 unspecified atom stereocenters. The lowest BCUT2D eigenvalue weighted by molar-refractivity contribution is -0.0841. The summed E-state index contributed by atoms with van der Waals surface area (Å²) in [5.74, 6) is 3.62. The first-order valence-corrected chi connectivity index (χ1v) is 8.23. The molecule has 2 heterocycles. The lowest BCUT2D eigenvalue weighted by atomic mass is 9.77. The highest BCUT2D eigenvalue weighted by atomic mass is 16.5. The Labute approximate surface area is 126 Å². The number of aromatic nitrogens is 2. The molecule has 1 aromatic heterocycles. The second-order valence-electron chi connectivity index (χ2n) is 7.24. The van der Waals surface area contributed by atoms with Crippen molar-refractivity contribution in [2.24, 2.45) is 11.8 Å². The fourth-order valence-corrected chi connectivity index (χ4v) is 3.35. The second kappa shape index (κ2) is 6.05. The molecule has 1 N–H and O–H groups in total. The Morgan fingerprint density at radius 3 is 2.57 bits per heavy atom. The minimum absolute atomic E-state index is 0.0655. The van der Waals surface area contributed by atoms with Gasteiger partial charge in [-0.2, -0.15) is 4.98 Å². The molecule has 118 valence electrons. The van der Waals surface area contributed by atoms with E-state index in [2.05, 4.69) is 36.2 Å². The van der Waals surface area contributed by atoms with Crippen LogP contribution in [0.1, 0.15) is 64.1 Å². The van der Waals surface area contributed by atoms with Gasteiger partial charge in [0, 0.05) is 19.0 Å². The van der Waals surface area contributed by atoms with Crippen LogP contribution in [0.5, 0.6) is 0 Å². The van der Waals surface area contributed by atoms with Crippen molar-refractivity contribution in [1.82, 2.24) is 15.5 Å². The Balaban J connectivity index is 1.51. The summed E-state index contributed by atoms with van der Waals surface area (Å²) in [6.45, 7) is 8.97. The number of hydrogen-bond donors (Lipinski definition) is 1. The van der Waals surface area contributed by atoms with Crippen molar-refractivity contribution in [2.45, 2.75) is 64.6 Å². The number of ether oxygens (including phenoxy) is 1. The smallest absolute Gasteiger partial charge is 0.252 e. The lowest BCUT2D eigenvalue weighted by Gasteiger charge is -2.38. The zero-order valence-corrected chi connectivity index (χ0v) is 13.4. The normalized spacial score (nSPS) is 28.6. The third-order valence-corrected chi connectivity index (χ3v) is 5.11. The van der Waals surface area contributed by atoms with E-state index < -0.39 is 0 Å². The molecule has 0 spiro atoms. The van der Waals surface area contributed by atoms with Gasteiger partial charge in [0.15, 0.2) is 5.82 Å². The van der Waals surface area contributed by atoms with Crippen molar-refractivity contribution in [2.75, 3.05) is 13.1 Å². The van der Waals surface area contributed by atoms with E-state index in [9.17, 15) is 0 Å². The molecular weight excluding hydrogens is 266 g/mol. The largest absolute Gasteiger partial charge is 0.363 e. The summed E-state index contributed by atoms with van der Waals surface area (Å²) < 4.78 is 11.2. The van der Waals surface area contributed by atoms with Crippen LogP contribution in [0, 0.1) is 11.8 Å². The van der Waals surface area contributed by atoms with Crippen LogP contribution in [0.15, 0.2) is 4.52 Å². The van der Waals surface area contributed by atoms with E-state index in [4.69, 9.17) is 9.26 Å². The molecule has 0 amide bonds. The summed E-state index contributed by atoms with van der Waals surface area (Å²) in [4.78, 5) is 4.54. The first-order valence-electron chi connectivity index (χ1n) is 8.23. The number of nitrogens with zero attached hydrogens (tertiary/aromatic N) is 2. The van der Waals surface area contributed by atoms with Crippen LogP contribution in [-0.4, -0.2) is 28.8 Å². The van der Waals surface area contributed by atoms with E-state index >= 15 is 0 Å². The summed E-state index contributed by atoms with van der Waals surface area (Å²) in [6, 6.07) is 0. The minimum atomic E-state index is -0.0655. The Hall–Kier alpha value is -0.940. The van der Waals surface area contributed by atoms with Crippen molar-refractivity contribution >= 4 is 0 Å². The van der Waals surface area contributed by atoms with Crippen LogP contribution in [0.3, 0.4) is 0 Å². The van der Waals surface area contributed by atoms with Gasteiger partial charge in [0.25, 0.3) is 5.89 Å². The van der Waals surface area contributed by atoms with Crippen LogP contribution in [0.2, 0.25) is 0 Å². The van der Waals surface area contributed by atoms with E-state index in [1.54, 1.807) is 0 Å². The maximum Gasteiger partial charge on any atom is 0.252 e. The van der Waals surface area contributed by atoms with Gasteiger partial charge in [-0.25, -0.2) is 0 Å². The van der Waals surface area contributed by atoms with Gasteiger partial charge in [-0.15, -0.1) is 0 Å². The predicted molar refractivity (Wildman–Crippen MR) is 79.9 cm³/mol. The highest BCUT2D eigenvalue weighted by Gasteiger charge is 2.33. The Morgan fingerprint density at radius 1 is 1.29 bits per heavy atom. The van der Waals surface area contributed by atoms with Crippen molar-refractivity contribution in [1.29, 1.82) is 0 Å². The molecule has 5 nitrogen and oxygen atoms in total. The maximum absolute atomic E-state index is 5.84. The number of nitrogens with one attached hydrogen (secondary N) is 1. The van der Waals surface area contributed by atoms with Gasteiger partial charge in [-0.05, 0) is 44.4 Å². The van der Waals surface area contributed by atoms with E-state index in [1.807, 2.05) is 0 Å². The van der Waals surface area contributed by atoms with Crippen molar-refractivity contribution in [3.05, 3.63) is 11.7 Å². The molecule has 0 aromatic carbocycles. The fraction of sp³-hybridized carbons (Fsp3) is 0.875. The molecule has 2 aliphatic rings. The Kier molecular flexibility index (Phi) is 4.31. The molecule has 2 fully saturated rings. The predicted octanol–water partition coefficient (Wildman–Crippen LogP) is 2.88.